The first kappa shape index (κ1) is 19.2. The molecule has 0 aromatic heterocycles. The Morgan fingerprint density at radius 2 is 1.97 bits per heavy atom. The monoisotopic (exact) mass is 394 g/mol. The summed E-state index contributed by atoms with van der Waals surface area (Å²) in [7, 11) is 0. The van der Waals surface area contributed by atoms with Gasteiger partial charge >= 0.3 is 0 Å². The highest BCUT2D eigenvalue weighted by molar-refractivity contribution is 5.88. The number of phenols is 1. The van der Waals surface area contributed by atoms with E-state index in [-0.39, 0.29) is 36.7 Å². The number of halogens is 1. The molecule has 5 nitrogen and oxygen atoms in total. The van der Waals surface area contributed by atoms with Gasteiger partial charge in [0.15, 0.2) is 0 Å². The summed E-state index contributed by atoms with van der Waals surface area (Å²) >= 11 is 0. The van der Waals surface area contributed by atoms with Gasteiger partial charge in [-0.3, -0.25) is 0 Å². The molecular formula is C23H21FNO4-. The van der Waals surface area contributed by atoms with Gasteiger partial charge in [0, 0.05) is 24.4 Å². The zero-order valence-corrected chi connectivity index (χ0v) is 15.8. The molecule has 2 unspecified atom stereocenters. The quantitative estimate of drug-likeness (QED) is 0.736. The Kier molecular flexibility index (Phi) is 5.36. The van der Waals surface area contributed by atoms with Crippen LogP contribution >= 0.6 is 0 Å². The number of ether oxygens (including phenoxy) is 1. The Morgan fingerprint density at radius 3 is 2.72 bits per heavy atom. The third kappa shape index (κ3) is 4.17. The Hall–Kier alpha value is -3.12. The molecule has 3 aromatic rings. The molecule has 1 saturated heterocycles. The molecule has 0 saturated carbocycles. The van der Waals surface area contributed by atoms with Gasteiger partial charge in [-0.15, -0.1) is 0 Å². The van der Waals surface area contributed by atoms with Gasteiger partial charge in [0.05, 0.1) is 12.7 Å². The average molecular weight is 394 g/mol. The van der Waals surface area contributed by atoms with Crippen molar-refractivity contribution in [2.24, 2.45) is 0 Å². The average Bonchev–Trinajstić information content (AvgIpc) is 2.73. The second-order valence-electron chi connectivity index (χ2n) is 7.34. The summed E-state index contributed by atoms with van der Waals surface area (Å²) in [6.07, 6.45) is -1.03. The first-order valence-corrected chi connectivity index (χ1v) is 9.55. The second kappa shape index (κ2) is 8.09. The van der Waals surface area contributed by atoms with E-state index in [4.69, 9.17) is 4.74 Å². The van der Waals surface area contributed by atoms with E-state index in [2.05, 4.69) is 0 Å². The minimum absolute atomic E-state index is 0.0416. The number of nitrogens with zero attached hydrogens (tertiary/aromatic N) is 1. The number of carbonyl (C=O) groups is 1. The number of carboxylic acid groups (broad SMARTS) is 1. The van der Waals surface area contributed by atoms with Gasteiger partial charge in [0.2, 0.25) is 0 Å². The van der Waals surface area contributed by atoms with E-state index < -0.39 is 6.09 Å². The summed E-state index contributed by atoms with van der Waals surface area (Å²) in [6, 6.07) is 17.3. The van der Waals surface area contributed by atoms with E-state index in [9.17, 15) is 19.4 Å². The van der Waals surface area contributed by atoms with Crippen LogP contribution in [0.5, 0.6) is 5.75 Å². The summed E-state index contributed by atoms with van der Waals surface area (Å²) in [5.41, 5.74) is 1.80. The minimum Gasteiger partial charge on any atom is -0.530 e. The van der Waals surface area contributed by atoms with Crippen LogP contribution in [-0.2, 0) is 11.3 Å². The number of amides is 1. The van der Waals surface area contributed by atoms with E-state index >= 15 is 0 Å². The zero-order chi connectivity index (χ0) is 20.4. The van der Waals surface area contributed by atoms with Crippen molar-refractivity contribution in [1.82, 2.24) is 4.90 Å². The van der Waals surface area contributed by atoms with Gasteiger partial charge in [-0.25, -0.2) is 4.39 Å². The highest BCUT2D eigenvalue weighted by Crippen LogP contribution is 2.32. The first-order chi connectivity index (χ1) is 14.0. The van der Waals surface area contributed by atoms with Crippen LogP contribution in [0.3, 0.4) is 0 Å². The normalized spacial score (nSPS) is 19.4. The molecule has 0 radical (unpaired) electrons. The fraction of sp³-hybridized carbons (Fsp3) is 0.261. The van der Waals surface area contributed by atoms with Crippen LogP contribution in [0.25, 0.3) is 10.8 Å². The number of fused-ring (bicyclic) bond motifs is 1. The van der Waals surface area contributed by atoms with E-state index in [1.165, 1.54) is 17.0 Å². The molecule has 2 atom stereocenters. The van der Waals surface area contributed by atoms with Crippen LogP contribution in [0.4, 0.5) is 9.18 Å². The molecule has 1 aliphatic heterocycles. The lowest BCUT2D eigenvalue weighted by Crippen LogP contribution is -2.51. The molecule has 0 spiro atoms. The summed E-state index contributed by atoms with van der Waals surface area (Å²) in [4.78, 5) is 12.6. The highest BCUT2D eigenvalue weighted by Gasteiger charge is 2.31. The maximum Gasteiger partial charge on any atom is 0.137 e. The molecule has 0 aliphatic carbocycles. The molecule has 29 heavy (non-hydrogen) atoms. The summed E-state index contributed by atoms with van der Waals surface area (Å²) in [5.74, 6) is -0.149. The van der Waals surface area contributed by atoms with Gasteiger partial charge in [0.1, 0.15) is 17.7 Å². The van der Waals surface area contributed by atoms with Crippen molar-refractivity contribution in [3.05, 3.63) is 77.6 Å². The molecule has 4 rings (SSSR count). The van der Waals surface area contributed by atoms with Crippen molar-refractivity contribution in [3.8, 4) is 5.75 Å². The lowest BCUT2D eigenvalue weighted by molar-refractivity contribution is -0.268. The SMILES string of the molecule is O=C([O-])N1CCC(c2ccc(F)cc2)C(OCc2ccc3cccc(O)c3c2)C1. The van der Waals surface area contributed by atoms with E-state index in [1.54, 1.807) is 24.3 Å². The lowest BCUT2D eigenvalue weighted by Gasteiger charge is -2.40. The molecule has 6 heteroatoms. The second-order valence-corrected chi connectivity index (χ2v) is 7.34. The van der Waals surface area contributed by atoms with Crippen LogP contribution in [0.15, 0.2) is 60.7 Å². The standard InChI is InChI=1S/C23H22FNO4/c24-18-8-6-17(7-9-18)19-10-11-25(23(27)28)13-22(19)29-14-15-4-5-16-2-1-3-21(26)20(16)12-15/h1-9,12,19,22,26H,10-11,13-14H2,(H,27,28)/p-1. The van der Waals surface area contributed by atoms with Crippen molar-refractivity contribution in [2.45, 2.75) is 25.0 Å². The van der Waals surface area contributed by atoms with Gasteiger partial charge in [-0.1, -0.05) is 36.4 Å². The number of piperidine rings is 1. The van der Waals surface area contributed by atoms with Crippen LogP contribution in [-0.4, -0.2) is 35.3 Å². The Balaban J connectivity index is 1.54. The summed E-state index contributed by atoms with van der Waals surface area (Å²) in [6.45, 7) is 0.824. The first-order valence-electron chi connectivity index (χ1n) is 9.55. The third-order valence-electron chi connectivity index (χ3n) is 5.50. The van der Waals surface area contributed by atoms with Crippen molar-refractivity contribution in [1.29, 1.82) is 0 Å². The third-order valence-corrected chi connectivity index (χ3v) is 5.50. The number of carbonyl (C=O) groups excluding carboxylic acids is 1. The largest absolute Gasteiger partial charge is 0.530 e. The van der Waals surface area contributed by atoms with Crippen molar-refractivity contribution in [3.63, 3.8) is 0 Å². The zero-order valence-electron chi connectivity index (χ0n) is 15.8. The van der Waals surface area contributed by atoms with Gasteiger partial charge in [-0.2, -0.15) is 0 Å². The lowest BCUT2D eigenvalue weighted by atomic mass is 9.87. The van der Waals surface area contributed by atoms with Crippen LogP contribution in [0.2, 0.25) is 0 Å². The number of likely N-dealkylation sites (tertiary alicyclic amines) is 1. The Morgan fingerprint density at radius 1 is 1.17 bits per heavy atom. The van der Waals surface area contributed by atoms with Gasteiger partial charge in [0.25, 0.3) is 0 Å². The fourth-order valence-corrected chi connectivity index (χ4v) is 3.94. The molecule has 1 fully saturated rings. The predicted molar refractivity (Wildman–Crippen MR) is 105 cm³/mol. The van der Waals surface area contributed by atoms with Crippen molar-refractivity contribution < 1.29 is 24.1 Å². The molecule has 1 N–H and O–H groups in total. The van der Waals surface area contributed by atoms with E-state index in [1.807, 2.05) is 24.3 Å². The smallest absolute Gasteiger partial charge is 0.137 e. The maximum atomic E-state index is 13.3. The fourth-order valence-electron chi connectivity index (χ4n) is 3.94. The minimum atomic E-state index is -1.22. The number of aromatic hydroxyl groups is 1. The van der Waals surface area contributed by atoms with Crippen LogP contribution in [0, 0.1) is 5.82 Å². The van der Waals surface area contributed by atoms with Crippen molar-refractivity contribution >= 4 is 16.9 Å². The molecule has 1 aliphatic rings. The number of rotatable bonds is 4. The number of benzene rings is 3. The molecule has 1 heterocycles. The summed E-state index contributed by atoms with van der Waals surface area (Å²) < 4.78 is 19.4. The topological polar surface area (TPSA) is 72.8 Å². The molecule has 1 amide bonds. The Bertz CT molecular complexity index is 1020. The summed E-state index contributed by atoms with van der Waals surface area (Å²) in [5, 5.41) is 23.1. The molecule has 150 valence electrons. The maximum absolute atomic E-state index is 13.3. The number of hydrogen-bond donors (Lipinski definition) is 1. The van der Waals surface area contributed by atoms with E-state index in [0.717, 1.165) is 21.9 Å². The molecule has 3 aromatic carbocycles. The molecular weight excluding hydrogens is 373 g/mol. The highest BCUT2D eigenvalue weighted by atomic mass is 19.1. The predicted octanol–water partition coefficient (Wildman–Crippen LogP) is 3.40. The molecule has 0 bridgehead atoms. The van der Waals surface area contributed by atoms with Gasteiger partial charge < -0.3 is 24.6 Å². The van der Waals surface area contributed by atoms with E-state index in [0.29, 0.717) is 13.0 Å². The van der Waals surface area contributed by atoms with Crippen molar-refractivity contribution in [2.75, 3.05) is 13.1 Å². The number of phenolic OH excluding ortho intramolecular Hbond substituents is 1. The van der Waals surface area contributed by atoms with Crippen LogP contribution < -0.4 is 5.11 Å². The van der Waals surface area contributed by atoms with Gasteiger partial charge in [-0.05, 0) is 47.2 Å². The number of hydrogen-bond acceptors (Lipinski definition) is 4. The van der Waals surface area contributed by atoms with Crippen LogP contribution in [0.1, 0.15) is 23.5 Å². The Labute approximate surface area is 168 Å².